The van der Waals surface area contributed by atoms with Gasteiger partial charge in [0.1, 0.15) is 24.4 Å². The van der Waals surface area contributed by atoms with E-state index in [1.165, 1.54) is 0 Å². The Bertz CT molecular complexity index is 255. The second-order valence-corrected chi connectivity index (χ2v) is 3.85. The van der Waals surface area contributed by atoms with Gasteiger partial charge in [-0.15, -0.1) is 0 Å². The van der Waals surface area contributed by atoms with Crippen LogP contribution < -0.4 is 5.32 Å². The topological polar surface area (TPSA) is 147 Å². The number of carbonyl (C=O) groups excluding carboxylic acids is 1. The lowest BCUT2D eigenvalue weighted by atomic mass is 10.1. The Hall–Kier alpha value is -1.06. The summed E-state index contributed by atoms with van der Waals surface area (Å²) in [6.45, 7) is 0.170. The van der Waals surface area contributed by atoms with Crippen molar-refractivity contribution in [2.24, 2.45) is 0 Å². The number of nitrogens with one attached hydrogen (secondary N) is 1. The summed E-state index contributed by atoms with van der Waals surface area (Å²) in [6.07, 6.45) is -2.85. The maximum atomic E-state index is 10.1. The van der Waals surface area contributed by atoms with Gasteiger partial charge in [-0.2, -0.15) is 0 Å². The van der Waals surface area contributed by atoms with Gasteiger partial charge in [0.05, 0.1) is 6.61 Å². The molecule has 4 atom stereocenters. The molecule has 1 unspecified atom stereocenters. The van der Waals surface area contributed by atoms with Crippen molar-refractivity contribution in [3.8, 4) is 0 Å². The number of aliphatic hydroxyl groups excluding tert-OH is 4. The summed E-state index contributed by atoms with van der Waals surface area (Å²) in [5.74, 6) is -0.720. The van der Waals surface area contributed by atoms with E-state index < -0.39 is 30.9 Å². The van der Waals surface area contributed by atoms with Crippen LogP contribution in [0, 0.1) is 0 Å². The largest absolute Gasteiger partial charge is 0.480 e. The molecule has 0 aromatic rings. The van der Waals surface area contributed by atoms with Gasteiger partial charge in [0.2, 0.25) is 0 Å². The Balaban J connectivity index is 0.000000327. The van der Waals surface area contributed by atoms with E-state index in [4.69, 9.17) is 25.5 Å². The average Bonchev–Trinajstić information content (AvgIpc) is 2.90. The molecule has 1 aliphatic rings. The van der Waals surface area contributed by atoms with Crippen molar-refractivity contribution in [1.82, 2.24) is 5.32 Å². The zero-order valence-corrected chi connectivity index (χ0v) is 9.77. The predicted octanol–water partition coefficient (Wildman–Crippen LogP) is -2.92. The van der Waals surface area contributed by atoms with E-state index in [-0.39, 0.29) is 12.3 Å². The highest BCUT2D eigenvalue weighted by molar-refractivity contribution is 5.73. The molecular formula is C10H19NO7. The van der Waals surface area contributed by atoms with Crippen molar-refractivity contribution in [1.29, 1.82) is 0 Å². The Labute approximate surface area is 104 Å². The first kappa shape index (κ1) is 16.9. The van der Waals surface area contributed by atoms with Gasteiger partial charge in [0, 0.05) is 0 Å². The molecule has 1 rings (SSSR count). The van der Waals surface area contributed by atoms with E-state index >= 15 is 0 Å². The lowest BCUT2D eigenvalue weighted by Gasteiger charge is -2.16. The highest BCUT2D eigenvalue weighted by atomic mass is 16.4. The molecule has 8 nitrogen and oxygen atoms in total. The van der Waals surface area contributed by atoms with Gasteiger partial charge in [-0.1, -0.05) is 0 Å². The van der Waals surface area contributed by atoms with Crippen molar-refractivity contribution in [3.05, 3.63) is 0 Å². The van der Waals surface area contributed by atoms with Gasteiger partial charge in [-0.05, 0) is 19.4 Å². The van der Waals surface area contributed by atoms with E-state index in [9.17, 15) is 9.59 Å². The highest BCUT2D eigenvalue weighted by Gasteiger charge is 2.23. The molecule has 0 spiro atoms. The monoisotopic (exact) mass is 265 g/mol. The SMILES string of the molecule is O=C(O)C1CCCN1.O=C[C@H](O)[C@H](O)[C@H](O)CO. The van der Waals surface area contributed by atoms with Crippen LogP contribution in [0.25, 0.3) is 0 Å². The number of aliphatic carboxylic acids is 1. The molecule has 1 saturated heterocycles. The fourth-order valence-corrected chi connectivity index (χ4v) is 1.31. The minimum atomic E-state index is -1.64. The molecule has 0 radical (unpaired) electrons. The summed E-state index contributed by atoms with van der Waals surface area (Å²) in [6, 6.07) is -0.269. The van der Waals surface area contributed by atoms with Gasteiger partial charge in [-0.25, -0.2) is 0 Å². The maximum Gasteiger partial charge on any atom is 0.320 e. The summed E-state index contributed by atoms with van der Waals surface area (Å²) < 4.78 is 0. The van der Waals surface area contributed by atoms with Crippen molar-refractivity contribution in [3.63, 3.8) is 0 Å². The minimum absolute atomic E-state index is 0.0869. The van der Waals surface area contributed by atoms with Crippen molar-refractivity contribution in [2.75, 3.05) is 13.2 Å². The van der Waals surface area contributed by atoms with Crippen LogP contribution >= 0.6 is 0 Å². The number of hydrogen-bond acceptors (Lipinski definition) is 7. The lowest BCUT2D eigenvalue weighted by Crippen LogP contribution is -2.40. The number of rotatable bonds is 5. The Morgan fingerprint density at radius 1 is 1.39 bits per heavy atom. The third-order valence-electron chi connectivity index (χ3n) is 2.43. The Morgan fingerprint density at radius 3 is 2.28 bits per heavy atom. The van der Waals surface area contributed by atoms with Crippen molar-refractivity contribution in [2.45, 2.75) is 37.2 Å². The summed E-state index contributed by atoms with van der Waals surface area (Å²) in [7, 11) is 0. The van der Waals surface area contributed by atoms with Gasteiger partial charge in [0.15, 0.2) is 6.29 Å². The molecular weight excluding hydrogens is 246 g/mol. The first-order chi connectivity index (χ1) is 8.43. The molecule has 1 aliphatic heterocycles. The lowest BCUT2D eigenvalue weighted by molar-refractivity contribution is -0.139. The fourth-order valence-electron chi connectivity index (χ4n) is 1.31. The third kappa shape index (κ3) is 6.03. The zero-order valence-electron chi connectivity index (χ0n) is 9.77. The summed E-state index contributed by atoms with van der Waals surface area (Å²) in [4.78, 5) is 19.9. The third-order valence-corrected chi connectivity index (χ3v) is 2.43. The molecule has 18 heavy (non-hydrogen) atoms. The molecule has 0 aromatic heterocycles. The van der Waals surface area contributed by atoms with Crippen LogP contribution in [-0.4, -0.2) is 75.3 Å². The average molecular weight is 265 g/mol. The molecule has 0 bridgehead atoms. The van der Waals surface area contributed by atoms with Crippen LogP contribution in [0.3, 0.4) is 0 Å². The number of aliphatic hydroxyl groups is 4. The molecule has 0 aliphatic carbocycles. The van der Waals surface area contributed by atoms with Gasteiger partial charge < -0.3 is 35.6 Å². The predicted molar refractivity (Wildman–Crippen MR) is 59.8 cm³/mol. The number of hydrogen-bond donors (Lipinski definition) is 6. The van der Waals surface area contributed by atoms with Crippen LogP contribution in [0.4, 0.5) is 0 Å². The molecule has 6 N–H and O–H groups in total. The minimum Gasteiger partial charge on any atom is -0.480 e. The normalized spacial score (nSPS) is 23.4. The summed E-state index contributed by atoms with van der Waals surface area (Å²) >= 11 is 0. The van der Waals surface area contributed by atoms with E-state index in [0.717, 1.165) is 19.4 Å². The molecule has 106 valence electrons. The zero-order chi connectivity index (χ0) is 14.1. The van der Waals surface area contributed by atoms with Gasteiger partial charge >= 0.3 is 5.97 Å². The molecule has 1 heterocycles. The van der Waals surface area contributed by atoms with Gasteiger partial charge in [0.25, 0.3) is 0 Å². The quantitative estimate of drug-likeness (QED) is 0.290. The van der Waals surface area contributed by atoms with Crippen LogP contribution in [0.2, 0.25) is 0 Å². The van der Waals surface area contributed by atoms with Crippen LogP contribution in [-0.2, 0) is 9.59 Å². The van der Waals surface area contributed by atoms with Gasteiger partial charge in [-0.3, -0.25) is 4.79 Å². The first-order valence-corrected chi connectivity index (χ1v) is 5.50. The Kier molecular flexibility index (Phi) is 8.42. The standard InChI is InChI=1S/C5H9NO2.C5H10O5/c7-5(8)4-2-1-3-6-4;6-1-3(8)5(10)4(9)2-7/h4,6H,1-3H2,(H,7,8);1,3-5,7-10H,2H2/t;3-,4+,5-/m.0/s1. The molecule has 0 aromatic carbocycles. The Morgan fingerprint density at radius 2 is 2.00 bits per heavy atom. The number of aldehydes is 1. The second kappa shape index (κ2) is 8.95. The van der Waals surface area contributed by atoms with Crippen LogP contribution in [0.1, 0.15) is 12.8 Å². The van der Waals surface area contributed by atoms with E-state index in [1.807, 2.05) is 0 Å². The number of carbonyl (C=O) groups is 2. The number of carboxylic acids is 1. The van der Waals surface area contributed by atoms with E-state index in [1.54, 1.807) is 0 Å². The van der Waals surface area contributed by atoms with E-state index in [0.29, 0.717) is 0 Å². The van der Waals surface area contributed by atoms with Crippen molar-refractivity contribution < 1.29 is 35.1 Å². The molecule has 1 fully saturated rings. The molecule has 0 saturated carbocycles. The second-order valence-electron chi connectivity index (χ2n) is 3.85. The smallest absolute Gasteiger partial charge is 0.320 e. The maximum absolute atomic E-state index is 10.1. The van der Waals surface area contributed by atoms with Crippen LogP contribution in [0.15, 0.2) is 0 Å². The molecule has 8 heteroatoms. The first-order valence-electron chi connectivity index (χ1n) is 5.50. The highest BCUT2D eigenvalue weighted by Crippen LogP contribution is 2.03. The van der Waals surface area contributed by atoms with Crippen molar-refractivity contribution >= 4 is 12.3 Å². The van der Waals surface area contributed by atoms with E-state index in [2.05, 4.69) is 5.32 Å². The molecule has 0 amide bonds. The van der Waals surface area contributed by atoms with Crippen LogP contribution in [0.5, 0.6) is 0 Å². The number of carboxylic acid groups (broad SMARTS) is 1. The summed E-state index contributed by atoms with van der Waals surface area (Å²) in [5, 5.41) is 45.3. The fraction of sp³-hybridized carbons (Fsp3) is 0.800. The summed E-state index contributed by atoms with van der Waals surface area (Å²) in [5.41, 5.74) is 0.